The van der Waals surface area contributed by atoms with Crippen LogP contribution in [0.4, 0.5) is 13.2 Å². The Morgan fingerprint density at radius 1 is 1.38 bits per heavy atom. The molecule has 1 atom stereocenters. The van der Waals surface area contributed by atoms with Gasteiger partial charge in [0.15, 0.2) is 11.6 Å². The fraction of sp³-hybridized carbons (Fsp3) is 0.444. The van der Waals surface area contributed by atoms with Crippen LogP contribution in [0.3, 0.4) is 0 Å². The summed E-state index contributed by atoms with van der Waals surface area (Å²) in [5, 5.41) is 3.01. The predicted molar refractivity (Wildman–Crippen MR) is 89.2 cm³/mol. The number of carbonyl (C=O) groups excluding carboxylic acids is 1. The number of nitrogens with zero attached hydrogens (tertiary/aromatic N) is 2. The molecule has 1 fully saturated rings. The second-order valence-electron chi connectivity index (χ2n) is 6.53. The van der Waals surface area contributed by atoms with Crippen molar-refractivity contribution in [2.45, 2.75) is 26.1 Å². The van der Waals surface area contributed by atoms with Crippen molar-refractivity contribution in [3.63, 3.8) is 0 Å². The minimum atomic E-state index is -4.44. The molecular formula is C18H19F3N3O2+. The van der Waals surface area contributed by atoms with Gasteiger partial charge in [-0.1, -0.05) is 19.9 Å². The minimum absolute atomic E-state index is 0.227. The molecule has 0 saturated carbocycles. The maximum atomic E-state index is 13.5. The molecule has 5 nitrogen and oxygen atoms in total. The normalized spacial score (nSPS) is 22.6. The van der Waals surface area contributed by atoms with Crippen molar-refractivity contribution in [1.29, 1.82) is 0 Å². The first-order valence-corrected chi connectivity index (χ1v) is 8.22. The highest BCUT2D eigenvalue weighted by Crippen LogP contribution is 2.41. The molecule has 0 amide bonds. The number of hydrogen-bond donors (Lipinski definition) is 1. The van der Waals surface area contributed by atoms with Crippen molar-refractivity contribution in [3.05, 3.63) is 46.5 Å². The van der Waals surface area contributed by atoms with Crippen LogP contribution in [0.1, 0.15) is 13.8 Å². The van der Waals surface area contributed by atoms with Crippen molar-refractivity contribution in [1.82, 2.24) is 5.32 Å². The maximum absolute atomic E-state index is 13.5. The number of methoxy groups -OCH3 is 1. The monoisotopic (exact) mass is 366 g/mol. The third kappa shape index (κ3) is 3.24. The molecule has 0 radical (unpaired) electrons. The van der Waals surface area contributed by atoms with Gasteiger partial charge in [-0.05, 0) is 17.6 Å². The number of nitrogens with one attached hydrogen (secondary N) is 1. The Bertz CT molecular complexity index is 838. The van der Waals surface area contributed by atoms with E-state index in [4.69, 9.17) is 4.74 Å². The largest absolute Gasteiger partial charge is 0.482 e. The molecule has 3 aliphatic rings. The van der Waals surface area contributed by atoms with Crippen molar-refractivity contribution < 1.29 is 27.3 Å². The van der Waals surface area contributed by atoms with Crippen LogP contribution in [0.25, 0.3) is 0 Å². The zero-order valence-corrected chi connectivity index (χ0v) is 14.6. The topological polar surface area (TPSA) is 53.7 Å². The van der Waals surface area contributed by atoms with Gasteiger partial charge in [0.1, 0.15) is 5.57 Å². The van der Waals surface area contributed by atoms with Crippen molar-refractivity contribution >= 4 is 11.8 Å². The van der Waals surface area contributed by atoms with Crippen LogP contribution in [0.5, 0.6) is 0 Å². The number of hydrogen-bond acceptors (Lipinski definition) is 4. The average Bonchev–Trinajstić information content (AvgIpc) is 3.34. The first kappa shape index (κ1) is 18.2. The van der Waals surface area contributed by atoms with Crippen molar-refractivity contribution in [2.75, 3.05) is 20.2 Å². The SMILES string of the molecule is COC1=CC(C2=[N+]3CC3C(C(F)(F)F)=CC(C(C)C)=C2N=C=O)=CCN1. The number of halogens is 3. The van der Waals surface area contributed by atoms with Crippen LogP contribution in [-0.2, 0) is 9.53 Å². The summed E-state index contributed by atoms with van der Waals surface area (Å²) in [6, 6.07) is -0.770. The lowest BCUT2D eigenvalue weighted by molar-refractivity contribution is -0.356. The summed E-state index contributed by atoms with van der Waals surface area (Å²) in [4.78, 5) is 14.8. The minimum Gasteiger partial charge on any atom is -0.482 e. The number of dihydropyridines is 1. The van der Waals surface area contributed by atoms with Gasteiger partial charge in [-0.15, -0.1) is 0 Å². The van der Waals surface area contributed by atoms with Crippen LogP contribution in [0.15, 0.2) is 51.5 Å². The third-order valence-corrected chi connectivity index (χ3v) is 4.55. The molecule has 3 aliphatic heterocycles. The number of allylic oxidation sites excluding steroid dienone is 4. The quantitative estimate of drug-likeness (QED) is 0.360. The number of fused-ring (bicyclic) bond motifs is 1. The molecule has 1 saturated heterocycles. The third-order valence-electron chi connectivity index (χ3n) is 4.55. The van der Waals surface area contributed by atoms with Crippen molar-refractivity contribution in [2.24, 2.45) is 10.9 Å². The van der Waals surface area contributed by atoms with Gasteiger partial charge in [-0.2, -0.15) is 18.2 Å². The van der Waals surface area contributed by atoms with E-state index in [2.05, 4.69) is 10.3 Å². The highest BCUT2D eigenvalue weighted by molar-refractivity contribution is 6.12. The Hall–Kier alpha value is -2.60. The lowest BCUT2D eigenvalue weighted by Gasteiger charge is -2.15. The van der Waals surface area contributed by atoms with E-state index in [1.807, 2.05) is 6.08 Å². The standard InChI is InChI=1S/C18H19F3N3O2/c1-10(2)12-7-13(18(19,20)21)14-8-24(14)17(16(12)23-9-25)11-4-5-22-15(6-11)26-3/h4,6-7,10,14,22H,5,8H2,1-3H3/q+1. The molecule has 0 bridgehead atoms. The van der Waals surface area contributed by atoms with Gasteiger partial charge in [0, 0.05) is 12.6 Å². The van der Waals surface area contributed by atoms with E-state index >= 15 is 0 Å². The smallest absolute Gasteiger partial charge is 0.419 e. The van der Waals surface area contributed by atoms with Crippen LogP contribution in [0, 0.1) is 5.92 Å². The number of isocyanates is 1. The Balaban J connectivity index is 2.24. The maximum Gasteiger partial charge on any atom is 0.419 e. The molecule has 3 heterocycles. The Morgan fingerprint density at radius 2 is 2.12 bits per heavy atom. The van der Waals surface area contributed by atoms with E-state index in [-0.39, 0.29) is 18.2 Å². The summed E-state index contributed by atoms with van der Waals surface area (Å²) in [6.45, 7) is 4.24. The van der Waals surface area contributed by atoms with Gasteiger partial charge in [0.05, 0.1) is 12.7 Å². The van der Waals surface area contributed by atoms with Crippen LogP contribution in [0.2, 0.25) is 0 Å². The summed E-state index contributed by atoms with van der Waals surface area (Å²) in [5.41, 5.74) is 1.17. The summed E-state index contributed by atoms with van der Waals surface area (Å²) in [7, 11) is 1.50. The van der Waals surface area contributed by atoms with Crippen LogP contribution < -0.4 is 5.32 Å². The fourth-order valence-electron chi connectivity index (χ4n) is 3.24. The molecule has 8 heteroatoms. The molecule has 0 aromatic carbocycles. The zero-order valence-electron chi connectivity index (χ0n) is 14.6. The molecule has 1 N–H and O–H groups in total. The summed E-state index contributed by atoms with van der Waals surface area (Å²) in [5.74, 6) is 0.253. The molecule has 138 valence electrons. The number of rotatable bonds is 4. The first-order valence-electron chi connectivity index (χ1n) is 8.22. The first-order chi connectivity index (χ1) is 12.3. The molecule has 0 aromatic heterocycles. The van der Waals surface area contributed by atoms with E-state index in [9.17, 15) is 18.0 Å². The highest BCUT2D eigenvalue weighted by atomic mass is 19.4. The molecule has 26 heavy (non-hydrogen) atoms. The number of ether oxygens (including phenoxy) is 1. The average molecular weight is 366 g/mol. The zero-order chi connectivity index (χ0) is 19.1. The van der Waals surface area contributed by atoms with Crippen LogP contribution >= 0.6 is 0 Å². The molecule has 1 unspecified atom stereocenters. The van der Waals surface area contributed by atoms with Gasteiger partial charge in [-0.25, -0.2) is 9.37 Å². The van der Waals surface area contributed by atoms with Crippen molar-refractivity contribution in [3.8, 4) is 0 Å². The van der Waals surface area contributed by atoms with E-state index in [0.29, 0.717) is 29.3 Å². The molecule has 0 spiro atoms. The van der Waals surface area contributed by atoms with Gasteiger partial charge in [0.25, 0.3) is 0 Å². The summed E-state index contributed by atoms with van der Waals surface area (Å²) < 4.78 is 47.4. The second-order valence-corrected chi connectivity index (χ2v) is 6.53. The number of aliphatic imine (C=N–C) groups is 1. The fourth-order valence-corrected chi connectivity index (χ4v) is 3.24. The Kier molecular flexibility index (Phi) is 4.63. The summed E-state index contributed by atoms with van der Waals surface area (Å²) in [6.07, 6.45) is 1.73. The van der Waals surface area contributed by atoms with E-state index in [1.54, 1.807) is 24.5 Å². The van der Waals surface area contributed by atoms with Crippen LogP contribution in [-0.4, -0.2) is 48.8 Å². The predicted octanol–water partition coefficient (Wildman–Crippen LogP) is 2.59. The van der Waals surface area contributed by atoms with E-state index in [0.717, 1.165) is 6.08 Å². The molecule has 0 aliphatic carbocycles. The molecular weight excluding hydrogens is 347 g/mol. The highest BCUT2D eigenvalue weighted by Gasteiger charge is 2.57. The molecule has 0 aromatic rings. The summed E-state index contributed by atoms with van der Waals surface area (Å²) >= 11 is 0. The Morgan fingerprint density at radius 3 is 2.69 bits per heavy atom. The second kappa shape index (κ2) is 6.61. The lowest BCUT2D eigenvalue weighted by atomic mass is 9.93. The van der Waals surface area contributed by atoms with E-state index < -0.39 is 17.8 Å². The number of alkyl halides is 3. The van der Waals surface area contributed by atoms with Gasteiger partial charge < -0.3 is 10.1 Å². The lowest BCUT2D eigenvalue weighted by Crippen LogP contribution is -2.23. The Labute approximate surface area is 148 Å². The van der Waals surface area contributed by atoms with Gasteiger partial charge in [-0.3, -0.25) is 0 Å². The van der Waals surface area contributed by atoms with E-state index in [1.165, 1.54) is 13.2 Å². The molecule has 3 rings (SSSR count). The van der Waals surface area contributed by atoms with Gasteiger partial charge >= 0.3 is 6.18 Å². The van der Waals surface area contributed by atoms with Gasteiger partial charge in [0.2, 0.25) is 24.4 Å².